The summed E-state index contributed by atoms with van der Waals surface area (Å²) in [6, 6.07) is 3.70. The summed E-state index contributed by atoms with van der Waals surface area (Å²) in [4.78, 5) is 21.8. The van der Waals surface area contributed by atoms with Gasteiger partial charge >= 0.3 is 0 Å². The fourth-order valence-electron chi connectivity index (χ4n) is 1.69. The van der Waals surface area contributed by atoms with Crippen molar-refractivity contribution in [3.63, 3.8) is 0 Å². The van der Waals surface area contributed by atoms with Crippen molar-refractivity contribution in [2.45, 2.75) is 6.42 Å². The van der Waals surface area contributed by atoms with Crippen LogP contribution in [0.1, 0.15) is 6.42 Å². The first kappa shape index (κ1) is 15.8. The molecule has 2 rings (SSSR count). The minimum Gasteiger partial charge on any atom is -0.306 e. The van der Waals surface area contributed by atoms with Crippen molar-refractivity contribution in [3.8, 4) is 10.6 Å². The standard InChI is InChI=1S/C13H14BN3O2S2/c1-17(10(18)5-7-21(2)19)13-11(14)16-12(20-13)9-4-3-6-15-8-9/h3-4,6,8H,5,7H2,1-2H3. The molecule has 0 aliphatic rings. The molecule has 2 aromatic heterocycles. The van der Waals surface area contributed by atoms with Crippen molar-refractivity contribution in [1.29, 1.82) is 0 Å². The van der Waals surface area contributed by atoms with Gasteiger partial charge in [0.25, 0.3) is 0 Å². The number of pyridine rings is 1. The largest absolute Gasteiger partial charge is 0.306 e. The molecular weight excluding hydrogens is 305 g/mol. The highest BCUT2D eigenvalue weighted by Gasteiger charge is 2.17. The number of carbonyl (C=O) groups excluding carboxylic acids is 1. The van der Waals surface area contributed by atoms with Gasteiger partial charge in [-0.2, -0.15) is 0 Å². The van der Waals surface area contributed by atoms with Crippen LogP contribution >= 0.6 is 11.3 Å². The average molecular weight is 319 g/mol. The first-order chi connectivity index (χ1) is 9.99. The van der Waals surface area contributed by atoms with Gasteiger partial charge in [-0.15, -0.1) is 0 Å². The molecule has 5 nitrogen and oxygen atoms in total. The third kappa shape index (κ3) is 3.98. The van der Waals surface area contributed by atoms with Crippen molar-refractivity contribution < 1.29 is 9.00 Å². The van der Waals surface area contributed by atoms with Crippen LogP contribution in [0.15, 0.2) is 24.5 Å². The van der Waals surface area contributed by atoms with Gasteiger partial charge in [-0.25, -0.2) is 0 Å². The molecule has 0 fully saturated rings. The van der Waals surface area contributed by atoms with E-state index in [2.05, 4.69) is 9.97 Å². The van der Waals surface area contributed by atoms with Gasteiger partial charge in [-0.05, 0) is 12.1 Å². The van der Waals surface area contributed by atoms with Crippen LogP contribution in [0.2, 0.25) is 0 Å². The topological polar surface area (TPSA) is 63.2 Å². The van der Waals surface area contributed by atoms with E-state index >= 15 is 0 Å². The van der Waals surface area contributed by atoms with Crippen molar-refractivity contribution >= 4 is 46.5 Å². The Morgan fingerprint density at radius 3 is 2.90 bits per heavy atom. The second-order valence-electron chi connectivity index (χ2n) is 4.43. The number of nitrogens with zero attached hydrogens (tertiary/aromatic N) is 3. The molecule has 0 saturated carbocycles. The van der Waals surface area contributed by atoms with E-state index in [-0.39, 0.29) is 12.3 Å². The lowest BCUT2D eigenvalue weighted by molar-refractivity contribution is -0.117. The normalized spacial score (nSPS) is 12.1. The summed E-state index contributed by atoms with van der Waals surface area (Å²) in [6.07, 6.45) is 5.18. The highest BCUT2D eigenvalue weighted by Crippen LogP contribution is 2.28. The SMILES string of the molecule is [B]c1nc(-c2cccnc2)sc1N(C)C(=O)CCS(C)=O. The first-order valence-corrected chi connectivity index (χ1v) is 8.76. The molecule has 0 aliphatic heterocycles. The molecule has 0 bridgehead atoms. The van der Waals surface area contributed by atoms with Crippen LogP contribution in [0.4, 0.5) is 5.00 Å². The number of hydrogen-bond acceptors (Lipinski definition) is 5. The third-order valence-corrected chi connectivity index (χ3v) is 4.80. The Hall–Kier alpha value is -1.54. The first-order valence-electron chi connectivity index (χ1n) is 6.22. The molecule has 2 heterocycles. The third-order valence-electron chi connectivity index (χ3n) is 2.83. The number of carbonyl (C=O) groups is 1. The van der Waals surface area contributed by atoms with Crippen molar-refractivity contribution in [3.05, 3.63) is 24.5 Å². The van der Waals surface area contributed by atoms with E-state index in [9.17, 15) is 9.00 Å². The monoisotopic (exact) mass is 319 g/mol. The van der Waals surface area contributed by atoms with Crippen LogP contribution in [0.3, 0.4) is 0 Å². The molecule has 0 N–H and O–H groups in total. The van der Waals surface area contributed by atoms with E-state index in [1.165, 1.54) is 16.2 Å². The minimum absolute atomic E-state index is 0.127. The molecule has 8 heteroatoms. The Balaban J connectivity index is 2.19. The van der Waals surface area contributed by atoms with Crippen molar-refractivity contribution in [2.75, 3.05) is 24.0 Å². The van der Waals surface area contributed by atoms with Gasteiger partial charge in [0.15, 0.2) is 0 Å². The number of anilines is 1. The predicted octanol–water partition coefficient (Wildman–Crippen LogP) is 0.730. The zero-order chi connectivity index (χ0) is 15.4. The summed E-state index contributed by atoms with van der Waals surface area (Å²) in [5.41, 5.74) is 1.17. The fraction of sp³-hybridized carbons (Fsp3) is 0.308. The molecule has 0 aliphatic carbocycles. The summed E-state index contributed by atoms with van der Waals surface area (Å²) in [6.45, 7) is 0. The Morgan fingerprint density at radius 2 is 2.29 bits per heavy atom. The Bertz CT molecular complexity index is 661. The molecule has 1 amide bonds. The van der Waals surface area contributed by atoms with Gasteiger partial charge in [-0.1, -0.05) is 11.3 Å². The summed E-state index contributed by atoms with van der Waals surface area (Å²) >= 11 is 1.34. The summed E-state index contributed by atoms with van der Waals surface area (Å²) < 4.78 is 11.1. The fourth-order valence-corrected chi connectivity index (χ4v) is 3.11. The van der Waals surface area contributed by atoms with E-state index < -0.39 is 10.8 Å². The van der Waals surface area contributed by atoms with Crippen LogP contribution in [0, 0.1) is 0 Å². The lowest BCUT2D eigenvalue weighted by atomic mass is 10.1. The van der Waals surface area contributed by atoms with Gasteiger partial charge in [-0.3, -0.25) is 19.0 Å². The van der Waals surface area contributed by atoms with Crippen LogP contribution in [0.25, 0.3) is 10.6 Å². The zero-order valence-corrected chi connectivity index (χ0v) is 13.4. The molecule has 21 heavy (non-hydrogen) atoms. The number of rotatable bonds is 5. The van der Waals surface area contributed by atoms with Crippen LogP contribution < -0.4 is 10.5 Å². The summed E-state index contributed by atoms with van der Waals surface area (Å²) in [5.74, 6) is 0.218. The molecule has 0 spiro atoms. The predicted molar refractivity (Wildman–Crippen MR) is 87.7 cm³/mol. The molecule has 1 atom stereocenters. The second-order valence-corrected chi connectivity index (χ2v) is 6.96. The molecule has 0 saturated heterocycles. The van der Waals surface area contributed by atoms with Gasteiger partial charge in [0.05, 0.1) is 0 Å². The van der Waals surface area contributed by atoms with Gasteiger partial charge < -0.3 is 4.90 Å². The van der Waals surface area contributed by atoms with E-state index in [1.807, 2.05) is 12.1 Å². The maximum Gasteiger partial charge on any atom is 0.228 e. The van der Waals surface area contributed by atoms with E-state index in [4.69, 9.17) is 7.85 Å². The Labute approximate surface area is 131 Å². The molecular formula is C13H14BN3O2S2. The van der Waals surface area contributed by atoms with Crippen molar-refractivity contribution in [1.82, 2.24) is 9.97 Å². The quantitative estimate of drug-likeness (QED) is 0.762. The van der Waals surface area contributed by atoms with Crippen molar-refractivity contribution in [2.24, 2.45) is 0 Å². The van der Waals surface area contributed by atoms with Gasteiger partial charge in [0, 0.05) is 59.8 Å². The number of amides is 1. The van der Waals surface area contributed by atoms with Gasteiger partial charge in [0.2, 0.25) is 5.91 Å². The lowest BCUT2D eigenvalue weighted by Crippen LogP contribution is -2.30. The second kappa shape index (κ2) is 6.95. The number of hydrogen-bond donors (Lipinski definition) is 0. The smallest absolute Gasteiger partial charge is 0.228 e. The highest BCUT2D eigenvalue weighted by molar-refractivity contribution is 7.84. The Morgan fingerprint density at radius 1 is 1.52 bits per heavy atom. The molecule has 2 radical (unpaired) electrons. The van der Waals surface area contributed by atoms with Crippen LogP contribution in [-0.2, 0) is 15.6 Å². The molecule has 1 unspecified atom stereocenters. The molecule has 0 aromatic carbocycles. The van der Waals surface area contributed by atoms with Crippen LogP contribution in [-0.4, -0.2) is 47.0 Å². The van der Waals surface area contributed by atoms with Gasteiger partial charge in [0.1, 0.15) is 17.9 Å². The van der Waals surface area contributed by atoms with E-state index in [0.29, 0.717) is 21.4 Å². The van der Waals surface area contributed by atoms with E-state index in [1.54, 1.807) is 25.7 Å². The Kier molecular flexibility index (Phi) is 5.25. The molecule has 108 valence electrons. The summed E-state index contributed by atoms with van der Waals surface area (Å²) in [5, 5.41) is 1.31. The zero-order valence-electron chi connectivity index (χ0n) is 11.8. The number of aromatic nitrogens is 2. The maximum atomic E-state index is 12.0. The van der Waals surface area contributed by atoms with E-state index in [0.717, 1.165) is 5.56 Å². The minimum atomic E-state index is -0.988. The summed E-state index contributed by atoms with van der Waals surface area (Å²) in [7, 11) is 6.56. The highest BCUT2D eigenvalue weighted by atomic mass is 32.2. The lowest BCUT2D eigenvalue weighted by Gasteiger charge is -2.15. The molecule has 2 aromatic rings. The van der Waals surface area contributed by atoms with Crippen LogP contribution in [0.5, 0.6) is 0 Å². The number of thiazole rings is 1. The average Bonchev–Trinajstić information content (AvgIpc) is 2.86. The maximum absolute atomic E-state index is 12.0.